The van der Waals surface area contributed by atoms with Crippen LogP contribution >= 0.6 is 0 Å². The molecule has 0 aliphatic heterocycles. The molecular weight excluding hydrogens is 516 g/mol. The van der Waals surface area contributed by atoms with Crippen LogP contribution in [0.3, 0.4) is 0 Å². The topological polar surface area (TPSA) is 0 Å². The van der Waals surface area contributed by atoms with E-state index in [9.17, 15) is 0 Å². The van der Waals surface area contributed by atoms with Crippen molar-refractivity contribution in [3.8, 4) is 0 Å². The van der Waals surface area contributed by atoms with Gasteiger partial charge in [-0.05, 0) is 100 Å². The lowest BCUT2D eigenvalue weighted by molar-refractivity contribution is 0.154. The third-order valence-electron chi connectivity index (χ3n) is 11.6. The molecule has 2 fully saturated rings. The van der Waals surface area contributed by atoms with Gasteiger partial charge in [-0.15, -0.1) is 6.58 Å². The van der Waals surface area contributed by atoms with Crippen molar-refractivity contribution in [3.05, 3.63) is 132 Å². The van der Waals surface area contributed by atoms with Crippen molar-refractivity contribution >= 4 is 0 Å². The number of fused-ring (bicyclic) bond motifs is 3. The molecule has 0 amide bonds. The van der Waals surface area contributed by atoms with Crippen molar-refractivity contribution in [2.24, 2.45) is 52.3 Å². The Morgan fingerprint density at radius 2 is 1.16 bits per heavy atom. The minimum atomic E-state index is -0.0663. The highest BCUT2D eigenvalue weighted by molar-refractivity contribution is 5.48. The van der Waals surface area contributed by atoms with Crippen LogP contribution in [0.5, 0.6) is 0 Å². The zero-order chi connectivity index (χ0) is 30.4. The average molecular weight is 571 g/mol. The fourth-order valence-corrected chi connectivity index (χ4v) is 9.58. The van der Waals surface area contributed by atoms with Crippen LogP contribution in [0, 0.1) is 52.3 Å². The van der Waals surface area contributed by atoms with E-state index in [2.05, 4.69) is 151 Å². The van der Waals surface area contributed by atoms with E-state index >= 15 is 0 Å². The van der Waals surface area contributed by atoms with Crippen LogP contribution in [0.15, 0.2) is 121 Å². The van der Waals surface area contributed by atoms with Crippen LogP contribution in [0.1, 0.15) is 84.8 Å². The summed E-state index contributed by atoms with van der Waals surface area (Å²) in [6.45, 7) is 18.4. The lowest BCUT2D eigenvalue weighted by Crippen LogP contribution is -2.47. The molecule has 2 aromatic carbocycles. The Hall–Kier alpha value is -2.86. The molecule has 0 saturated heterocycles. The van der Waals surface area contributed by atoms with Gasteiger partial charge < -0.3 is 0 Å². The fourth-order valence-electron chi connectivity index (χ4n) is 9.58. The van der Waals surface area contributed by atoms with E-state index in [0.29, 0.717) is 35.5 Å². The van der Waals surface area contributed by atoms with Crippen LogP contribution < -0.4 is 0 Å². The maximum atomic E-state index is 4.07. The predicted molar refractivity (Wildman–Crippen MR) is 185 cm³/mol. The standard InChI is InChI=1S/C43H54/c1-8-9-16-30-21-22-35(27-30)43(31-17-12-10-13-18-31,32-19-14-11-15-20-32)40-38-28-33(41(2,3)4)23-25-36(38)37-26-24-34(29-39(37)40)42(5,6)7/h8,10-15,17-20,23-26,28-30,35-40H,1,9,16,21-22,27H2,2-7H3. The number of rotatable bonds is 7. The first kappa shape index (κ1) is 30.2. The quantitative estimate of drug-likeness (QED) is 0.290. The first-order valence-corrected chi connectivity index (χ1v) is 17.1. The molecule has 0 bridgehead atoms. The van der Waals surface area contributed by atoms with E-state index in [0.717, 1.165) is 12.3 Å². The highest BCUT2D eigenvalue weighted by Crippen LogP contribution is 2.65. The number of allylic oxidation sites excluding steroid dienone is 9. The molecule has 226 valence electrons. The molecule has 6 atom stereocenters. The molecule has 0 spiro atoms. The summed E-state index contributed by atoms with van der Waals surface area (Å²) in [7, 11) is 0. The molecule has 4 aliphatic rings. The van der Waals surface area contributed by atoms with Gasteiger partial charge in [-0.3, -0.25) is 0 Å². The molecule has 0 nitrogen and oxygen atoms in total. The second kappa shape index (κ2) is 11.6. The van der Waals surface area contributed by atoms with Gasteiger partial charge in [0.05, 0.1) is 0 Å². The number of hydrogen-bond acceptors (Lipinski definition) is 0. The van der Waals surface area contributed by atoms with Crippen molar-refractivity contribution in [3.63, 3.8) is 0 Å². The fraction of sp³-hybridized carbons (Fsp3) is 0.488. The SMILES string of the molecule is C=CCCC1CCC(C(c2ccccc2)(c2ccccc2)C2C3C=C(C(C)(C)C)C=CC3C3C=CC(C(C)(C)C)=CC32)C1. The van der Waals surface area contributed by atoms with Crippen LogP contribution in [-0.4, -0.2) is 0 Å². The van der Waals surface area contributed by atoms with E-state index in [4.69, 9.17) is 0 Å². The van der Waals surface area contributed by atoms with E-state index in [1.165, 1.54) is 48.0 Å². The van der Waals surface area contributed by atoms with Gasteiger partial charge in [0.15, 0.2) is 0 Å². The van der Waals surface area contributed by atoms with Gasteiger partial charge in [-0.25, -0.2) is 0 Å². The lowest BCUT2D eigenvalue weighted by atomic mass is 9.52. The number of hydrogen-bond donors (Lipinski definition) is 0. The van der Waals surface area contributed by atoms with Crippen molar-refractivity contribution in [2.45, 2.75) is 79.1 Å². The summed E-state index contributed by atoms with van der Waals surface area (Å²) < 4.78 is 0. The smallest absolute Gasteiger partial charge is 0.0270 e. The summed E-state index contributed by atoms with van der Waals surface area (Å²) >= 11 is 0. The largest absolute Gasteiger partial charge is 0.103 e. The summed E-state index contributed by atoms with van der Waals surface area (Å²) in [5, 5.41) is 0. The summed E-state index contributed by atoms with van der Waals surface area (Å²) in [6.07, 6.45) is 24.2. The van der Waals surface area contributed by atoms with E-state index in [-0.39, 0.29) is 16.2 Å². The summed E-state index contributed by atoms with van der Waals surface area (Å²) in [4.78, 5) is 0. The van der Waals surface area contributed by atoms with Crippen molar-refractivity contribution in [1.29, 1.82) is 0 Å². The molecule has 6 rings (SSSR count). The predicted octanol–water partition coefficient (Wildman–Crippen LogP) is 11.5. The summed E-state index contributed by atoms with van der Waals surface area (Å²) in [5.41, 5.74) is 6.27. The maximum absolute atomic E-state index is 4.07. The molecule has 4 aliphatic carbocycles. The summed E-state index contributed by atoms with van der Waals surface area (Å²) in [6, 6.07) is 23.5. The van der Waals surface area contributed by atoms with Gasteiger partial charge >= 0.3 is 0 Å². The second-order valence-electron chi connectivity index (χ2n) is 16.1. The van der Waals surface area contributed by atoms with Crippen molar-refractivity contribution in [1.82, 2.24) is 0 Å². The first-order valence-electron chi connectivity index (χ1n) is 17.1. The van der Waals surface area contributed by atoms with Gasteiger partial charge in [0, 0.05) is 5.41 Å². The Morgan fingerprint density at radius 1 is 0.674 bits per heavy atom. The highest BCUT2D eigenvalue weighted by atomic mass is 14.6. The first-order chi connectivity index (χ1) is 20.5. The Bertz CT molecular complexity index is 1310. The van der Waals surface area contributed by atoms with Crippen LogP contribution in [0.25, 0.3) is 0 Å². The molecule has 0 heteroatoms. The second-order valence-corrected chi connectivity index (χ2v) is 16.1. The molecule has 2 aromatic rings. The molecule has 2 saturated carbocycles. The molecule has 0 aromatic heterocycles. The summed E-state index contributed by atoms with van der Waals surface area (Å²) in [5.74, 6) is 3.89. The lowest BCUT2D eigenvalue weighted by Gasteiger charge is -2.50. The molecule has 0 N–H and O–H groups in total. The third-order valence-corrected chi connectivity index (χ3v) is 11.6. The Labute approximate surface area is 262 Å². The van der Waals surface area contributed by atoms with Gasteiger partial charge in [0.1, 0.15) is 0 Å². The maximum Gasteiger partial charge on any atom is 0.0270 e. The van der Waals surface area contributed by atoms with Gasteiger partial charge in [-0.1, -0.05) is 151 Å². The normalized spacial score (nSPS) is 30.4. The van der Waals surface area contributed by atoms with Crippen molar-refractivity contribution < 1.29 is 0 Å². The Kier molecular flexibility index (Phi) is 8.12. The monoisotopic (exact) mass is 570 g/mol. The third kappa shape index (κ3) is 5.38. The van der Waals surface area contributed by atoms with Crippen LogP contribution in [0.4, 0.5) is 0 Å². The van der Waals surface area contributed by atoms with E-state index < -0.39 is 0 Å². The zero-order valence-electron chi connectivity index (χ0n) is 27.6. The van der Waals surface area contributed by atoms with Crippen LogP contribution in [0.2, 0.25) is 0 Å². The molecule has 43 heavy (non-hydrogen) atoms. The van der Waals surface area contributed by atoms with Crippen LogP contribution in [-0.2, 0) is 5.41 Å². The van der Waals surface area contributed by atoms with Gasteiger partial charge in [0.2, 0.25) is 0 Å². The molecule has 0 heterocycles. The van der Waals surface area contributed by atoms with E-state index in [1.54, 1.807) is 0 Å². The molecule has 0 radical (unpaired) electrons. The van der Waals surface area contributed by atoms with E-state index in [1.807, 2.05) is 0 Å². The van der Waals surface area contributed by atoms with Gasteiger partial charge in [0.25, 0.3) is 0 Å². The van der Waals surface area contributed by atoms with Gasteiger partial charge in [-0.2, -0.15) is 0 Å². The zero-order valence-corrected chi connectivity index (χ0v) is 27.6. The number of benzene rings is 2. The Balaban J connectivity index is 1.63. The minimum absolute atomic E-state index is 0.0663. The molecule has 6 unspecified atom stereocenters. The molecular formula is C43H54. The minimum Gasteiger partial charge on any atom is -0.103 e. The average Bonchev–Trinajstić information content (AvgIpc) is 3.60. The highest BCUT2D eigenvalue weighted by Gasteiger charge is 2.61. The Morgan fingerprint density at radius 3 is 1.60 bits per heavy atom. The van der Waals surface area contributed by atoms with Crippen molar-refractivity contribution in [2.75, 3.05) is 0 Å².